The van der Waals surface area contributed by atoms with Crippen LogP contribution in [-0.4, -0.2) is 15.0 Å². The molecule has 2 heterocycles. The molecule has 0 unspecified atom stereocenters. The minimum absolute atomic E-state index is 0.273. The Labute approximate surface area is 108 Å². The molecule has 3 rings (SSSR count). The van der Waals surface area contributed by atoms with Gasteiger partial charge in [-0.25, -0.2) is 14.4 Å². The number of H-pyrrole nitrogens is 1. The predicted octanol–water partition coefficient (Wildman–Crippen LogP) is 3.73. The molecule has 1 N–H and O–H groups in total. The fourth-order valence-electron chi connectivity index (χ4n) is 1.85. The molecule has 0 aliphatic rings. The monoisotopic (exact) mass is 261 g/mol. The summed E-state index contributed by atoms with van der Waals surface area (Å²) in [7, 11) is 0. The Morgan fingerprint density at radius 1 is 1.33 bits per heavy atom. The van der Waals surface area contributed by atoms with E-state index in [1.165, 1.54) is 6.07 Å². The van der Waals surface area contributed by atoms with Crippen molar-refractivity contribution in [2.75, 3.05) is 0 Å². The summed E-state index contributed by atoms with van der Waals surface area (Å²) in [5, 5.41) is 0.325. The summed E-state index contributed by atoms with van der Waals surface area (Å²) in [6.45, 7) is 1.93. The summed E-state index contributed by atoms with van der Waals surface area (Å²) in [5.74, 6) is -0.00974. The highest BCUT2D eigenvalue weighted by atomic mass is 35.5. The number of fused-ring (bicyclic) bond motifs is 1. The SMILES string of the molecule is Cc1cnc2nc(-c3c(F)cccc3Cl)[nH]c2c1. The molecule has 0 atom stereocenters. The smallest absolute Gasteiger partial charge is 0.178 e. The van der Waals surface area contributed by atoms with E-state index in [4.69, 9.17) is 11.6 Å². The third-order valence-electron chi connectivity index (χ3n) is 2.67. The van der Waals surface area contributed by atoms with E-state index >= 15 is 0 Å². The van der Waals surface area contributed by atoms with E-state index < -0.39 is 5.82 Å². The number of hydrogen-bond acceptors (Lipinski definition) is 2. The Morgan fingerprint density at radius 3 is 2.94 bits per heavy atom. The normalized spacial score (nSPS) is 11.1. The molecular weight excluding hydrogens is 253 g/mol. The second-order valence-corrected chi connectivity index (χ2v) is 4.47. The number of nitrogens with zero attached hydrogens (tertiary/aromatic N) is 2. The van der Waals surface area contributed by atoms with Crippen molar-refractivity contribution in [2.45, 2.75) is 6.92 Å². The van der Waals surface area contributed by atoms with Gasteiger partial charge in [-0.15, -0.1) is 0 Å². The Hall–Kier alpha value is -1.94. The van der Waals surface area contributed by atoms with Crippen LogP contribution < -0.4 is 0 Å². The van der Waals surface area contributed by atoms with Gasteiger partial charge in [-0.05, 0) is 30.7 Å². The van der Waals surface area contributed by atoms with E-state index in [0.29, 0.717) is 16.5 Å². The molecule has 0 spiro atoms. The van der Waals surface area contributed by atoms with Crippen LogP contribution in [0, 0.1) is 12.7 Å². The number of aromatic amines is 1. The van der Waals surface area contributed by atoms with Crippen molar-refractivity contribution in [3.8, 4) is 11.4 Å². The summed E-state index contributed by atoms with van der Waals surface area (Å²) in [4.78, 5) is 11.5. The highest BCUT2D eigenvalue weighted by Crippen LogP contribution is 2.29. The van der Waals surface area contributed by atoms with Crippen molar-refractivity contribution in [1.82, 2.24) is 15.0 Å². The van der Waals surface area contributed by atoms with Crippen LogP contribution in [0.2, 0.25) is 5.02 Å². The Kier molecular flexibility index (Phi) is 2.52. The fraction of sp³-hybridized carbons (Fsp3) is 0.0769. The van der Waals surface area contributed by atoms with E-state index in [1.54, 1.807) is 18.3 Å². The number of pyridine rings is 1. The van der Waals surface area contributed by atoms with Gasteiger partial charge in [0.1, 0.15) is 11.6 Å². The van der Waals surface area contributed by atoms with Crippen LogP contribution in [0.15, 0.2) is 30.5 Å². The van der Waals surface area contributed by atoms with E-state index in [9.17, 15) is 4.39 Å². The summed E-state index contributed by atoms with van der Waals surface area (Å²) in [6.07, 6.45) is 1.72. The fourth-order valence-corrected chi connectivity index (χ4v) is 2.10. The topological polar surface area (TPSA) is 41.6 Å². The lowest BCUT2D eigenvalue weighted by Crippen LogP contribution is -1.87. The molecular formula is C13H9ClFN3. The number of imidazole rings is 1. The van der Waals surface area contributed by atoms with Crippen LogP contribution in [0.3, 0.4) is 0 Å². The average Bonchev–Trinajstić information content (AvgIpc) is 2.71. The van der Waals surface area contributed by atoms with Crippen LogP contribution in [0.4, 0.5) is 4.39 Å². The molecule has 0 radical (unpaired) electrons. The predicted molar refractivity (Wildman–Crippen MR) is 69.0 cm³/mol. The van der Waals surface area contributed by atoms with E-state index in [0.717, 1.165) is 11.1 Å². The Balaban J connectivity index is 2.26. The first kappa shape index (κ1) is 11.2. The van der Waals surface area contributed by atoms with Gasteiger partial charge in [0, 0.05) is 6.20 Å². The molecule has 3 nitrogen and oxygen atoms in total. The van der Waals surface area contributed by atoms with Crippen molar-refractivity contribution in [2.24, 2.45) is 0 Å². The van der Waals surface area contributed by atoms with E-state index in [2.05, 4.69) is 15.0 Å². The minimum Gasteiger partial charge on any atom is -0.336 e. The molecule has 0 saturated carbocycles. The summed E-state index contributed by atoms with van der Waals surface area (Å²) < 4.78 is 13.8. The zero-order chi connectivity index (χ0) is 12.7. The van der Waals surface area contributed by atoms with Crippen LogP contribution in [0.5, 0.6) is 0 Å². The zero-order valence-electron chi connectivity index (χ0n) is 9.54. The third kappa shape index (κ3) is 1.75. The highest BCUT2D eigenvalue weighted by Gasteiger charge is 2.14. The number of nitrogens with one attached hydrogen (secondary N) is 1. The molecule has 18 heavy (non-hydrogen) atoms. The number of rotatable bonds is 1. The number of aryl methyl sites for hydroxylation is 1. The minimum atomic E-state index is -0.404. The second-order valence-electron chi connectivity index (χ2n) is 4.07. The van der Waals surface area contributed by atoms with Crippen molar-refractivity contribution in [3.05, 3.63) is 46.9 Å². The van der Waals surface area contributed by atoms with Gasteiger partial charge in [0.2, 0.25) is 0 Å². The van der Waals surface area contributed by atoms with E-state index in [-0.39, 0.29) is 5.56 Å². The van der Waals surface area contributed by atoms with Crippen LogP contribution >= 0.6 is 11.6 Å². The third-order valence-corrected chi connectivity index (χ3v) is 2.99. The van der Waals surface area contributed by atoms with Crippen molar-refractivity contribution in [3.63, 3.8) is 0 Å². The van der Waals surface area contributed by atoms with Crippen molar-refractivity contribution < 1.29 is 4.39 Å². The van der Waals surface area contributed by atoms with Crippen LogP contribution in [0.1, 0.15) is 5.56 Å². The maximum atomic E-state index is 13.8. The van der Waals surface area contributed by atoms with Gasteiger partial charge >= 0.3 is 0 Å². The van der Waals surface area contributed by atoms with E-state index in [1.807, 2.05) is 13.0 Å². The maximum absolute atomic E-state index is 13.8. The lowest BCUT2D eigenvalue weighted by molar-refractivity contribution is 0.630. The van der Waals surface area contributed by atoms with Gasteiger partial charge in [0.15, 0.2) is 5.65 Å². The van der Waals surface area contributed by atoms with Gasteiger partial charge in [0.25, 0.3) is 0 Å². The molecule has 5 heteroatoms. The molecule has 1 aromatic carbocycles. The summed E-state index contributed by atoms with van der Waals surface area (Å²) in [5.41, 5.74) is 2.60. The summed E-state index contributed by atoms with van der Waals surface area (Å²) >= 11 is 6.00. The lowest BCUT2D eigenvalue weighted by Gasteiger charge is -2.01. The molecule has 0 fully saturated rings. The highest BCUT2D eigenvalue weighted by molar-refractivity contribution is 6.33. The van der Waals surface area contributed by atoms with Gasteiger partial charge < -0.3 is 4.98 Å². The second kappa shape index (κ2) is 4.07. The largest absolute Gasteiger partial charge is 0.336 e. The van der Waals surface area contributed by atoms with Crippen molar-refractivity contribution in [1.29, 1.82) is 0 Å². The first-order valence-corrected chi connectivity index (χ1v) is 5.79. The molecule has 0 amide bonds. The molecule has 0 aliphatic carbocycles. The summed E-state index contributed by atoms with van der Waals surface area (Å²) in [6, 6.07) is 6.46. The van der Waals surface area contributed by atoms with Gasteiger partial charge in [-0.3, -0.25) is 0 Å². The molecule has 3 aromatic rings. The molecule has 0 bridgehead atoms. The number of halogens is 2. The maximum Gasteiger partial charge on any atom is 0.178 e. The first-order valence-electron chi connectivity index (χ1n) is 5.42. The number of aromatic nitrogens is 3. The van der Waals surface area contributed by atoms with Crippen LogP contribution in [0.25, 0.3) is 22.6 Å². The first-order chi connectivity index (χ1) is 8.65. The van der Waals surface area contributed by atoms with Crippen LogP contribution in [-0.2, 0) is 0 Å². The average molecular weight is 262 g/mol. The van der Waals surface area contributed by atoms with Gasteiger partial charge in [0.05, 0.1) is 16.1 Å². The standard InChI is InChI=1S/C13H9ClFN3/c1-7-5-10-12(16-6-7)18-13(17-10)11-8(14)3-2-4-9(11)15/h2-6H,1H3,(H,16,17,18). The molecule has 90 valence electrons. The Morgan fingerprint density at radius 2 is 2.17 bits per heavy atom. The quantitative estimate of drug-likeness (QED) is 0.725. The molecule has 0 aliphatic heterocycles. The molecule has 2 aromatic heterocycles. The zero-order valence-corrected chi connectivity index (χ0v) is 10.3. The Bertz CT molecular complexity index is 716. The van der Waals surface area contributed by atoms with Gasteiger partial charge in [-0.1, -0.05) is 17.7 Å². The van der Waals surface area contributed by atoms with Crippen molar-refractivity contribution >= 4 is 22.8 Å². The van der Waals surface area contributed by atoms with Gasteiger partial charge in [-0.2, -0.15) is 0 Å². The molecule has 0 saturated heterocycles. The lowest BCUT2D eigenvalue weighted by atomic mass is 10.2. The number of benzene rings is 1. The number of hydrogen-bond donors (Lipinski definition) is 1.